The Morgan fingerprint density at radius 1 is 0.958 bits per heavy atom. The summed E-state index contributed by atoms with van der Waals surface area (Å²) in [4.78, 5) is 0. The van der Waals surface area contributed by atoms with Crippen LogP contribution in [0.1, 0.15) is 16.7 Å². The first-order valence-corrected chi connectivity index (χ1v) is 7.75. The lowest BCUT2D eigenvalue weighted by atomic mass is 10.1. The maximum atomic E-state index is 12.5. The largest absolute Gasteiger partial charge is 0.463 e. The number of halogens is 5. The monoisotopic (exact) mass is 419 g/mol. The SMILES string of the molecule is Cl.FC(F)(F)c1ccc(CNCc2ccc3occ(Br)c3c2)cc1. The fourth-order valence-corrected chi connectivity index (χ4v) is 2.72. The van der Waals surface area contributed by atoms with Crippen LogP contribution in [-0.2, 0) is 19.3 Å². The molecule has 0 atom stereocenters. The van der Waals surface area contributed by atoms with Gasteiger partial charge >= 0.3 is 6.18 Å². The van der Waals surface area contributed by atoms with Gasteiger partial charge in [-0.15, -0.1) is 12.4 Å². The van der Waals surface area contributed by atoms with Crippen molar-refractivity contribution < 1.29 is 17.6 Å². The number of hydrogen-bond donors (Lipinski definition) is 1. The van der Waals surface area contributed by atoms with Crippen LogP contribution in [0.5, 0.6) is 0 Å². The van der Waals surface area contributed by atoms with Gasteiger partial charge in [-0.05, 0) is 51.3 Å². The summed E-state index contributed by atoms with van der Waals surface area (Å²) in [5.74, 6) is 0. The molecule has 2 aromatic carbocycles. The minimum Gasteiger partial charge on any atom is -0.463 e. The Hall–Kier alpha value is -1.50. The summed E-state index contributed by atoms with van der Waals surface area (Å²) in [5.41, 5.74) is 2.06. The molecule has 1 aromatic heterocycles. The molecule has 0 aliphatic heterocycles. The normalized spacial score (nSPS) is 11.5. The minimum absolute atomic E-state index is 0. The summed E-state index contributed by atoms with van der Waals surface area (Å²) in [6.45, 7) is 1.12. The average Bonchev–Trinajstić information content (AvgIpc) is 2.88. The minimum atomic E-state index is -4.29. The summed E-state index contributed by atoms with van der Waals surface area (Å²) in [7, 11) is 0. The fraction of sp³-hybridized carbons (Fsp3) is 0.176. The Morgan fingerprint density at radius 3 is 2.25 bits per heavy atom. The van der Waals surface area contributed by atoms with E-state index in [4.69, 9.17) is 4.42 Å². The molecule has 0 bridgehead atoms. The molecule has 2 nitrogen and oxygen atoms in total. The van der Waals surface area contributed by atoms with Crippen LogP contribution in [0.4, 0.5) is 13.2 Å². The summed E-state index contributed by atoms with van der Waals surface area (Å²) >= 11 is 3.42. The number of rotatable bonds is 4. The first kappa shape index (κ1) is 18.8. The highest BCUT2D eigenvalue weighted by atomic mass is 79.9. The van der Waals surface area contributed by atoms with Crippen molar-refractivity contribution in [1.82, 2.24) is 5.32 Å². The maximum Gasteiger partial charge on any atom is 0.416 e. The molecular formula is C17H14BrClF3NO. The van der Waals surface area contributed by atoms with E-state index in [0.29, 0.717) is 13.1 Å². The smallest absolute Gasteiger partial charge is 0.416 e. The Labute approximate surface area is 151 Å². The molecule has 0 amide bonds. The molecule has 128 valence electrons. The highest BCUT2D eigenvalue weighted by Crippen LogP contribution is 2.29. The van der Waals surface area contributed by atoms with Crippen molar-refractivity contribution in [2.24, 2.45) is 0 Å². The molecule has 0 unspecified atom stereocenters. The van der Waals surface area contributed by atoms with E-state index in [-0.39, 0.29) is 12.4 Å². The van der Waals surface area contributed by atoms with E-state index in [1.165, 1.54) is 12.1 Å². The summed E-state index contributed by atoms with van der Waals surface area (Å²) in [5, 5.41) is 4.22. The van der Waals surface area contributed by atoms with Crippen LogP contribution >= 0.6 is 28.3 Å². The van der Waals surface area contributed by atoms with Gasteiger partial charge in [-0.2, -0.15) is 13.2 Å². The van der Waals surface area contributed by atoms with Gasteiger partial charge in [0.05, 0.1) is 10.0 Å². The lowest BCUT2D eigenvalue weighted by molar-refractivity contribution is -0.137. The lowest BCUT2D eigenvalue weighted by Gasteiger charge is -2.08. The van der Waals surface area contributed by atoms with Gasteiger partial charge in [0.1, 0.15) is 11.8 Å². The molecule has 0 saturated heterocycles. The van der Waals surface area contributed by atoms with E-state index in [2.05, 4.69) is 21.2 Å². The van der Waals surface area contributed by atoms with Crippen molar-refractivity contribution in [1.29, 1.82) is 0 Å². The summed E-state index contributed by atoms with van der Waals surface area (Å²) < 4.78 is 43.8. The zero-order valence-electron chi connectivity index (χ0n) is 12.4. The molecule has 7 heteroatoms. The zero-order valence-corrected chi connectivity index (χ0v) is 14.8. The summed E-state index contributed by atoms with van der Waals surface area (Å²) in [6, 6.07) is 11.1. The van der Waals surface area contributed by atoms with Gasteiger partial charge in [0.25, 0.3) is 0 Å². The third kappa shape index (κ3) is 4.32. The lowest BCUT2D eigenvalue weighted by Crippen LogP contribution is -2.13. The van der Waals surface area contributed by atoms with Gasteiger partial charge in [-0.25, -0.2) is 0 Å². The number of nitrogens with one attached hydrogen (secondary N) is 1. The third-order valence-electron chi connectivity index (χ3n) is 3.53. The molecule has 3 aromatic rings. The van der Waals surface area contributed by atoms with Crippen LogP contribution in [-0.4, -0.2) is 0 Å². The van der Waals surface area contributed by atoms with Gasteiger partial charge < -0.3 is 9.73 Å². The number of benzene rings is 2. The zero-order chi connectivity index (χ0) is 16.4. The van der Waals surface area contributed by atoms with Gasteiger partial charge in [-0.1, -0.05) is 18.2 Å². The predicted octanol–water partition coefficient (Wildman–Crippen LogP) is 5.93. The van der Waals surface area contributed by atoms with E-state index >= 15 is 0 Å². The Bertz CT molecular complexity index is 815. The van der Waals surface area contributed by atoms with Crippen LogP contribution in [0.2, 0.25) is 0 Å². The van der Waals surface area contributed by atoms with E-state index in [1.807, 2.05) is 18.2 Å². The second kappa shape index (κ2) is 7.59. The molecule has 24 heavy (non-hydrogen) atoms. The number of furan rings is 1. The van der Waals surface area contributed by atoms with E-state index in [9.17, 15) is 13.2 Å². The van der Waals surface area contributed by atoms with Crippen LogP contribution in [0.3, 0.4) is 0 Å². The quantitative estimate of drug-likeness (QED) is 0.566. The van der Waals surface area contributed by atoms with Crippen molar-refractivity contribution in [3.05, 3.63) is 69.9 Å². The van der Waals surface area contributed by atoms with Crippen LogP contribution in [0, 0.1) is 0 Å². The second-order valence-electron chi connectivity index (χ2n) is 5.21. The first-order valence-electron chi connectivity index (χ1n) is 6.96. The topological polar surface area (TPSA) is 25.2 Å². The van der Waals surface area contributed by atoms with Crippen LogP contribution in [0.15, 0.2) is 57.6 Å². The molecule has 0 saturated carbocycles. The fourth-order valence-electron chi connectivity index (χ4n) is 2.32. The van der Waals surface area contributed by atoms with E-state index in [0.717, 1.165) is 38.7 Å². The van der Waals surface area contributed by atoms with Gasteiger partial charge in [0.15, 0.2) is 0 Å². The predicted molar refractivity (Wildman–Crippen MR) is 93.1 cm³/mol. The van der Waals surface area contributed by atoms with Gasteiger partial charge in [0.2, 0.25) is 0 Å². The molecule has 0 aliphatic rings. The standard InChI is InChI=1S/C17H13BrF3NO.ClH/c18-15-10-23-16-6-3-12(7-14(15)16)9-22-8-11-1-4-13(5-2-11)17(19,20)21;/h1-7,10,22H,8-9H2;1H. The Kier molecular flexibility index (Phi) is 5.96. The molecular weight excluding hydrogens is 407 g/mol. The molecule has 3 rings (SSSR count). The van der Waals surface area contributed by atoms with Crippen molar-refractivity contribution in [2.45, 2.75) is 19.3 Å². The van der Waals surface area contributed by atoms with Gasteiger partial charge in [-0.3, -0.25) is 0 Å². The first-order chi connectivity index (χ1) is 10.9. The number of fused-ring (bicyclic) bond motifs is 1. The molecule has 0 spiro atoms. The molecule has 1 N–H and O–H groups in total. The van der Waals surface area contributed by atoms with E-state index in [1.54, 1.807) is 6.26 Å². The van der Waals surface area contributed by atoms with Crippen LogP contribution < -0.4 is 5.32 Å². The molecule has 0 aliphatic carbocycles. The van der Waals surface area contributed by atoms with Gasteiger partial charge in [0, 0.05) is 18.5 Å². The summed E-state index contributed by atoms with van der Waals surface area (Å²) in [6.07, 6.45) is -2.65. The van der Waals surface area contributed by atoms with Crippen molar-refractivity contribution >= 4 is 39.3 Å². The highest BCUT2D eigenvalue weighted by Gasteiger charge is 2.29. The average molecular weight is 421 g/mol. The Morgan fingerprint density at radius 2 is 1.58 bits per heavy atom. The second-order valence-corrected chi connectivity index (χ2v) is 6.07. The number of hydrogen-bond acceptors (Lipinski definition) is 2. The van der Waals surface area contributed by atoms with Crippen molar-refractivity contribution in [3.8, 4) is 0 Å². The van der Waals surface area contributed by atoms with Crippen molar-refractivity contribution in [2.75, 3.05) is 0 Å². The molecule has 0 fully saturated rings. The van der Waals surface area contributed by atoms with Crippen molar-refractivity contribution in [3.63, 3.8) is 0 Å². The maximum absolute atomic E-state index is 12.5. The van der Waals surface area contributed by atoms with Crippen LogP contribution in [0.25, 0.3) is 11.0 Å². The molecule has 0 radical (unpaired) electrons. The van der Waals surface area contributed by atoms with E-state index < -0.39 is 11.7 Å². The Balaban J connectivity index is 0.00000208. The molecule has 1 heterocycles. The third-order valence-corrected chi connectivity index (χ3v) is 4.14. The number of alkyl halides is 3. The highest BCUT2D eigenvalue weighted by molar-refractivity contribution is 9.10.